The highest BCUT2D eigenvalue weighted by Crippen LogP contribution is 2.17. The van der Waals surface area contributed by atoms with Crippen LogP contribution in [0.25, 0.3) is 0 Å². The molecule has 1 unspecified atom stereocenters. The van der Waals surface area contributed by atoms with Gasteiger partial charge in [0.05, 0.1) is 26.4 Å². The standard InChI is InChI=1S/C15H25NO3/c1-3-10-19-15-6-4-14(5-7-15)13(2)16-8-11-18-12-9-17/h4-7,13,16-17H,3,8-12H2,1-2H3. The molecule has 1 aromatic rings. The average molecular weight is 267 g/mol. The summed E-state index contributed by atoms with van der Waals surface area (Å²) in [4.78, 5) is 0. The van der Waals surface area contributed by atoms with E-state index in [9.17, 15) is 0 Å². The van der Waals surface area contributed by atoms with Gasteiger partial charge in [-0.15, -0.1) is 0 Å². The molecule has 108 valence electrons. The van der Waals surface area contributed by atoms with Gasteiger partial charge in [-0.2, -0.15) is 0 Å². The largest absolute Gasteiger partial charge is 0.494 e. The van der Waals surface area contributed by atoms with E-state index < -0.39 is 0 Å². The number of nitrogens with one attached hydrogen (secondary N) is 1. The molecular weight excluding hydrogens is 242 g/mol. The van der Waals surface area contributed by atoms with E-state index in [4.69, 9.17) is 14.6 Å². The minimum absolute atomic E-state index is 0.0782. The second-order valence-electron chi connectivity index (χ2n) is 4.43. The average Bonchev–Trinajstić information content (AvgIpc) is 2.45. The lowest BCUT2D eigenvalue weighted by molar-refractivity contribution is 0.0928. The molecule has 4 heteroatoms. The van der Waals surface area contributed by atoms with Crippen LogP contribution in [-0.2, 0) is 4.74 Å². The van der Waals surface area contributed by atoms with Crippen LogP contribution in [0.3, 0.4) is 0 Å². The van der Waals surface area contributed by atoms with Crippen molar-refractivity contribution in [3.05, 3.63) is 29.8 Å². The zero-order valence-corrected chi connectivity index (χ0v) is 11.9. The van der Waals surface area contributed by atoms with Gasteiger partial charge in [-0.25, -0.2) is 0 Å². The highest BCUT2D eigenvalue weighted by molar-refractivity contribution is 5.28. The zero-order chi connectivity index (χ0) is 13.9. The highest BCUT2D eigenvalue weighted by atomic mass is 16.5. The van der Waals surface area contributed by atoms with E-state index in [1.807, 2.05) is 12.1 Å². The van der Waals surface area contributed by atoms with Gasteiger partial charge in [0.2, 0.25) is 0 Å². The summed E-state index contributed by atoms with van der Waals surface area (Å²) >= 11 is 0. The van der Waals surface area contributed by atoms with Crippen molar-refractivity contribution in [1.82, 2.24) is 5.32 Å². The monoisotopic (exact) mass is 267 g/mol. The third-order valence-electron chi connectivity index (χ3n) is 2.79. The molecular formula is C15H25NO3. The molecule has 0 heterocycles. The number of rotatable bonds is 10. The number of hydrogen-bond donors (Lipinski definition) is 2. The Kier molecular flexibility index (Phi) is 8.21. The van der Waals surface area contributed by atoms with Crippen LogP contribution in [-0.4, -0.2) is 38.1 Å². The fraction of sp³-hybridized carbons (Fsp3) is 0.600. The maximum Gasteiger partial charge on any atom is 0.119 e. The van der Waals surface area contributed by atoms with E-state index in [2.05, 4.69) is 31.3 Å². The summed E-state index contributed by atoms with van der Waals surface area (Å²) in [6.07, 6.45) is 1.02. The Bertz CT molecular complexity index is 327. The van der Waals surface area contributed by atoms with Crippen LogP contribution in [0.1, 0.15) is 31.9 Å². The Morgan fingerprint density at radius 1 is 1.16 bits per heavy atom. The molecule has 2 N–H and O–H groups in total. The van der Waals surface area contributed by atoms with E-state index in [1.165, 1.54) is 5.56 Å². The van der Waals surface area contributed by atoms with Crippen molar-refractivity contribution >= 4 is 0 Å². The van der Waals surface area contributed by atoms with Crippen molar-refractivity contribution in [2.45, 2.75) is 26.3 Å². The van der Waals surface area contributed by atoms with Crippen LogP contribution in [0.5, 0.6) is 5.75 Å². The molecule has 19 heavy (non-hydrogen) atoms. The fourth-order valence-electron chi connectivity index (χ4n) is 1.70. The summed E-state index contributed by atoms with van der Waals surface area (Å²) in [5.74, 6) is 0.920. The number of benzene rings is 1. The van der Waals surface area contributed by atoms with Gasteiger partial charge in [0.15, 0.2) is 0 Å². The molecule has 0 amide bonds. The third-order valence-corrected chi connectivity index (χ3v) is 2.79. The van der Waals surface area contributed by atoms with E-state index in [0.29, 0.717) is 13.2 Å². The first-order valence-corrected chi connectivity index (χ1v) is 6.92. The Balaban J connectivity index is 2.29. The topological polar surface area (TPSA) is 50.7 Å². The van der Waals surface area contributed by atoms with Crippen molar-refractivity contribution in [2.24, 2.45) is 0 Å². The lowest BCUT2D eigenvalue weighted by Crippen LogP contribution is -2.23. The van der Waals surface area contributed by atoms with Crippen molar-refractivity contribution in [1.29, 1.82) is 0 Å². The van der Waals surface area contributed by atoms with Crippen LogP contribution in [0.2, 0.25) is 0 Å². The second-order valence-corrected chi connectivity index (χ2v) is 4.43. The van der Waals surface area contributed by atoms with Gasteiger partial charge < -0.3 is 19.9 Å². The molecule has 4 nitrogen and oxygen atoms in total. The van der Waals surface area contributed by atoms with E-state index in [1.54, 1.807) is 0 Å². The molecule has 1 aromatic carbocycles. The lowest BCUT2D eigenvalue weighted by Gasteiger charge is -2.15. The molecule has 0 fully saturated rings. The summed E-state index contributed by atoms with van der Waals surface area (Å²) in [5.41, 5.74) is 1.23. The smallest absolute Gasteiger partial charge is 0.119 e. The minimum Gasteiger partial charge on any atom is -0.494 e. The molecule has 0 spiro atoms. The number of aliphatic hydroxyl groups is 1. The van der Waals surface area contributed by atoms with Crippen molar-refractivity contribution < 1.29 is 14.6 Å². The molecule has 0 bridgehead atoms. The molecule has 0 saturated heterocycles. The maximum absolute atomic E-state index is 8.58. The van der Waals surface area contributed by atoms with Crippen LogP contribution in [0, 0.1) is 0 Å². The normalized spacial score (nSPS) is 12.4. The molecule has 0 aliphatic heterocycles. The molecule has 0 radical (unpaired) electrons. The first-order valence-electron chi connectivity index (χ1n) is 6.92. The number of ether oxygens (including phenoxy) is 2. The number of aliphatic hydroxyl groups excluding tert-OH is 1. The summed E-state index contributed by atoms with van der Waals surface area (Å²) in [6, 6.07) is 8.45. The Hall–Kier alpha value is -1.10. The second kappa shape index (κ2) is 9.78. The van der Waals surface area contributed by atoms with Gasteiger partial charge in [-0.05, 0) is 31.0 Å². The Morgan fingerprint density at radius 2 is 1.89 bits per heavy atom. The first kappa shape index (κ1) is 16.0. The van der Waals surface area contributed by atoms with Crippen LogP contribution >= 0.6 is 0 Å². The zero-order valence-electron chi connectivity index (χ0n) is 11.9. The SMILES string of the molecule is CCCOc1ccc(C(C)NCCOCCO)cc1. The predicted octanol–water partition coefficient (Wildman–Crippen LogP) is 2.13. The van der Waals surface area contributed by atoms with Gasteiger partial charge in [0.25, 0.3) is 0 Å². The summed E-state index contributed by atoms with van der Waals surface area (Å²) in [6.45, 7) is 6.84. The summed E-state index contributed by atoms with van der Waals surface area (Å²) in [5, 5.41) is 12.0. The van der Waals surface area contributed by atoms with Gasteiger partial charge in [0.1, 0.15) is 5.75 Å². The quantitative estimate of drug-likeness (QED) is 0.638. The Labute approximate surface area is 115 Å². The van der Waals surface area contributed by atoms with Crippen LogP contribution in [0.15, 0.2) is 24.3 Å². The molecule has 0 aromatic heterocycles. The molecule has 0 aliphatic rings. The molecule has 1 rings (SSSR count). The van der Waals surface area contributed by atoms with E-state index in [-0.39, 0.29) is 12.6 Å². The lowest BCUT2D eigenvalue weighted by atomic mass is 10.1. The van der Waals surface area contributed by atoms with Gasteiger partial charge in [-0.1, -0.05) is 19.1 Å². The van der Waals surface area contributed by atoms with Crippen molar-refractivity contribution in [3.8, 4) is 5.75 Å². The Morgan fingerprint density at radius 3 is 2.53 bits per heavy atom. The van der Waals surface area contributed by atoms with E-state index in [0.717, 1.165) is 25.3 Å². The third kappa shape index (κ3) is 6.57. The van der Waals surface area contributed by atoms with E-state index >= 15 is 0 Å². The summed E-state index contributed by atoms with van der Waals surface area (Å²) in [7, 11) is 0. The molecule has 0 saturated carbocycles. The fourth-order valence-corrected chi connectivity index (χ4v) is 1.70. The maximum atomic E-state index is 8.58. The predicted molar refractivity (Wildman–Crippen MR) is 76.6 cm³/mol. The molecule has 0 aliphatic carbocycles. The van der Waals surface area contributed by atoms with Crippen molar-refractivity contribution in [2.75, 3.05) is 33.0 Å². The van der Waals surface area contributed by atoms with Gasteiger partial charge in [-0.3, -0.25) is 0 Å². The van der Waals surface area contributed by atoms with Crippen LogP contribution in [0.4, 0.5) is 0 Å². The van der Waals surface area contributed by atoms with Gasteiger partial charge >= 0.3 is 0 Å². The minimum atomic E-state index is 0.0782. The summed E-state index contributed by atoms with van der Waals surface area (Å²) < 4.78 is 10.8. The first-order chi connectivity index (χ1) is 9.27. The molecule has 1 atom stereocenters. The van der Waals surface area contributed by atoms with Crippen LogP contribution < -0.4 is 10.1 Å². The van der Waals surface area contributed by atoms with Crippen molar-refractivity contribution in [3.63, 3.8) is 0 Å². The van der Waals surface area contributed by atoms with Gasteiger partial charge in [0, 0.05) is 12.6 Å². The number of hydrogen-bond acceptors (Lipinski definition) is 4. The highest BCUT2D eigenvalue weighted by Gasteiger charge is 2.04.